The fraction of sp³-hybridized carbons (Fsp3) is 0.474. The number of hydrogen-bond donors (Lipinski definition) is 0. The predicted octanol–water partition coefficient (Wildman–Crippen LogP) is 4.17. The molecule has 0 N–H and O–H groups in total. The molecule has 1 aliphatic rings. The summed E-state index contributed by atoms with van der Waals surface area (Å²) in [6.45, 7) is 8.90. The van der Waals surface area contributed by atoms with Gasteiger partial charge in [0.05, 0.1) is 5.69 Å². The number of nitrogens with zero attached hydrogens (tertiary/aromatic N) is 3. The van der Waals surface area contributed by atoms with E-state index in [2.05, 4.69) is 54.1 Å². The highest BCUT2D eigenvalue weighted by molar-refractivity contribution is 5.60. The van der Waals surface area contributed by atoms with Crippen molar-refractivity contribution in [1.82, 2.24) is 14.9 Å². The molecule has 1 aromatic carbocycles. The van der Waals surface area contributed by atoms with Crippen molar-refractivity contribution in [2.45, 2.75) is 46.1 Å². The number of likely N-dealkylation sites (tertiary alicyclic amines) is 1. The minimum absolute atomic E-state index is 0.482. The molecule has 1 fully saturated rings. The molecule has 1 saturated heterocycles. The van der Waals surface area contributed by atoms with E-state index in [9.17, 15) is 0 Å². The smallest absolute Gasteiger partial charge is 0.128 e. The van der Waals surface area contributed by atoms with Crippen molar-refractivity contribution >= 4 is 0 Å². The van der Waals surface area contributed by atoms with Crippen molar-refractivity contribution in [1.29, 1.82) is 0 Å². The van der Waals surface area contributed by atoms with E-state index in [1.54, 1.807) is 0 Å². The molecule has 0 radical (unpaired) electrons. The summed E-state index contributed by atoms with van der Waals surface area (Å²) in [4.78, 5) is 11.7. The number of hydrogen-bond acceptors (Lipinski definition) is 3. The molecule has 3 heteroatoms. The standard InChI is InChI=1S/C19H25N3/c1-4-19-20-14(2)12-18(21-19)17-9-7-8-16(13-17)15(3)22-10-5-6-11-22/h7-9,12-13,15H,4-6,10-11H2,1-3H3/t15-/m0/s1. The molecule has 3 rings (SSSR count). The Bertz CT molecular complexity index is 645. The van der Waals surface area contributed by atoms with Crippen LogP contribution >= 0.6 is 0 Å². The van der Waals surface area contributed by atoms with Crippen LogP contribution < -0.4 is 0 Å². The van der Waals surface area contributed by atoms with Crippen LogP contribution in [0, 0.1) is 6.92 Å². The minimum Gasteiger partial charge on any atom is -0.297 e. The van der Waals surface area contributed by atoms with Crippen LogP contribution in [-0.4, -0.2) is 28.0 Å². The highest BCUT2D eigenvalue weighted by atomic mass is 15.2. The van der Waals surface area contributed by atoms with Gasteiger partial charge in [-0.3, -0.25) is 4.90 Å². The summed E-state index contributed by atoms with van der Waals surface area (Å²) in [5.74, 6) is 0.924. The van der Waals surface area contributed by atoms with Crippen molar-refractivity contribution in [2.24, 2.45) is 0 Å². The van der Waals surface area contributed by atoms with Gasteiger partial charge in [0, 0.05) is 23.7 Å². The van der Waals surface area contributed by atoms with Crippen molar-refractivity contribution in [2.75, 3.05) is 13.1 Å². The van der Waals surface area contributed by atoms with Gasteiger partial charge in [0.25, 0.3) is 0 Å². The molecule has 0 bridgehead atoms. The van der Waals surface area contributed by atoms with Crippen LogP contribution in [0.25, 0.3) is 11.3 Å². The molecule has 22 heavy (non-hydrogen) atoms. The molecule has 2 aromatic rings. The van der Waals surface area contributed by atoms with Gasteiger partial charge in [-0.15, -0.1) is 0 Å². The number of aromatic nitrogens is 2. The summed E-state index contributed by atoms with van der Waals surface area (Å²) in [7, 11) is 0. The lowest BCUT2D eigenvalue weighted by molar-refractivity contribution is 0.263. The van der Waals surface area contributed by atoms with Crippen LogP contribution in [0.3, 0.4) is 0 Å². The fourth-order valence-electron chi connectivity index (χ4n) is 3.23. The van der Waals surface area contributed by atoms with Gasteiger partial charge >= 0.3 is 0 Å². The van der Waals surface area contributed by atoms with Gasteiger partial charge in [0.15, 0.2) is 0 Å². The second kappa shape index (κ2) is 6.57. The lowest BCUT2D eigenvalue weighted by atomic mass is 10.0. The van der Waals surface area contributed by atoms with E-state index in [-0.39, 0.29) is 0 Å². The second-order valence-corrected chi connectivity index (χ2v) is 6.21. The fourth-order valence-corrected chi connectivity index (χ4v) is 3.23. The third kappa shape index (κ3) is 3.20. The molecule has 0 saturated carbocycles. The topological polar surface area (TPSA) is 29.0 Å². The highest BCUT2D eigenvalue weighted by Crippen LogP contribution is 2.28. The second-order valence-electron chi connectivity index (χ2n) is 6.21. The zero-order valence-electron chi connectivity index (χ0n) is 13.8. The Labute approximate surface area is 133 Å². The van der Waals surface area contributed by atoms with Gasteiger partial charge in [0.2, 0.25) is 0 Å². The van der Waals surface area contributed by atoms with E-state index in [1.807, 2.05) is 6.92 Å². The summed E-state index contributed by atoms with van der Waals surface area (Å²) in [6, 6.07) is 11.4. The van der Waals surface area contributed by atoms with Gasteiger partial charge < -0.3 is 0 Å². The van der Waals surface area contributed by atoms with Crippen molar-refractivity contribution in [3.8, 4) is 11.3 Å². The molecule has 2 heterocycles. The largest absolute Gasteiger partial charge is 0.297 e. The Hall–Kier alpha value is -1.74. The van der Waals surface area contributed by atoms with Crippen molar-refractivity contribution in [3.05, 3.63) is 47.4 Å². The maximum absolute atomic E-state index is 4.70. The number of rotatable bonds is 4. The average Bonchev–Trinajstić information content (AvgIpc) is 3.08. The lowest BCUT2D eigenvalue weighted by Crippen LogP contribution is -2.23. The maximum atomic E-state index is 4.70. The zero-order chi connectivity index (χ0) is 15.5. The summed E-state index contributed by atoms with van der Waals surface area (Å²) >= 11 is 0. The molecule has 0 spiro atoms. The summed E-state index contributed by atoms with van der Waals surface area (Å²) in [5, 5.41) is 0. The Morgan fingerprint density at radius 3 is 2.64 bits per heavy atom. The molecule has 1 aromatic heterocycles. The zero-order valence-corrected chi connectivity index (χ0v) is 13.8. The van der Waals surface area contributed by atoms with Gasteiger partial charge in [-0.1, -0.05) is 25.1 Å². The van der Waals surface area contributed by atoms with Crippen LogP contribution in [0.5, 0.6) is 0 Å². The van der Waals surface area contributed by atoms with E-state index < -0.39 is 0 Å². The maximum Gasteiger partial charge on any atom is 0.128 e. The van der Waals surface area contributed by atoms with Crippen molar-refractivity contribution < 1.29 is 0 Å². The molecule has 1 aliphatic heterocycles. The third-order valence-corrected chi connectivity index (χ3v) is 4.57. The van der Waals surface area contributed by atoms with Crippen molar-refractivity contribution in [3.63, 3.8) is 0 Å². The first-order chi connectivity index (χ1) is 10.7. The molecule has 3 nitrogen and oxygen atoms in total. The summed E-state index contributed by atoms with van der Waals surface area (Å²) in [6.07, 6.45) is 3.53. The number of aryl methyl sites for hydroxylation is 2. The highest BCUT2D eigenvalue weighted by Gasteiger charge is 2.19. The SMILES string of the molecule is CCc1nc(C)cc(-c2cccc([C@H](C)N3CCCC3)c2)n1. The van der Waals surface area contributed by atoms with Gasteiger partial charge in [0.1, 0.15) is 5.82 Å². The molecule has 1 atom stereocenters. The molecule has 116 valence electrons. The first-order valence-electron chi connectivity index (χ1n) is 8.36. The number of benzene rings is 1. The predicted molar refractivity (Wildman–Crippen MR) is 90.8 cm³/mol. The molecular formula is C19H25N3. The molecule has 0 unspecified atom stereocenters. The Morgan fingerprint density at radius 2 is 1.91 bits per heavy atom. The van der Waals surface area contributed by atoms with E-state index in [4.69, 9.17) is 4.98 Å². The quantitative estimate of drug-likeness (QED) is 0.847. The first kappa shape index (κ1) is 15.2. The van der Waals surface area contributed by atoms with Crippen LogP contribution in [0.4, 0.5) is 0 Å². The first-order valence-corrected chi connectivity index (χ1v) is 8.36. The summed E-state index contributed by atoms with van der Waals surface area (Å²) < 4.78 is 0. The van der Waals surface area contributed by atoms with Crippen LogP contribution in [-0.2, 0) is 6.42 Å². The lowest BCUT2D eigenvalue weighted by Gasteiger charge is -2.24. The van der Waals surface area contributed by atoms with Gasteiger partial charge in [-0.2, -0.15) is 0 Å². The summed E-state index contributed by atoms with van der Waals surface area (Å²) in [5.41, 5.74) is 4.66. The Morgan fingerprint density at radius 1 is 1.14 bits per heavy atom. The van der Waals surface area contributed by atoms with Crippen LogP contribution in [0.1, 0.15) is 49.8 Å². The van der Waals surface area contributed by atoms with Crippen LogP contribution in [0.2, 0.25) is 0 Å². The monoisotopic (exact) mass is 295 g/mol. The van der Waals surface area contributed by atoms with Crippen LogP contribution in [0.15, 0.2) is 30.3 Å². The van der Waals surface area contributed by atoms with E-state index in [0.29, 0.717) is 6.04 Å². The van der Waals surface area contributed by atoms with Gasteiger partial charge in [-0.25, -0.2) is 9.97 Å². The van der Waals surface area contributed by atoms with E-state index in [0.717, 1.165) is 23.6 Å². The normalized spacial score (nSPS) is 16.9. The minimum atomic E-state index is 0.482. The average molecular weight is 295 g/mol. The van der Waals surface area contributed by atoms with E-state index in [1.165, 1.54) is 37.1 Å². The van der Waals surface area contributed by atoms with E-state index >= 15 is 0 Å². The Kier molecular flexibility index (Phi) is 4.53. The molecule has 0 amide bonds. The molecule has 0 aliphatic carbocycles. The molecular weight excluding hydrogens is 270 g/mol. The van der Waals surface area contributed by atoms with Gasteiger partial charge in [-0.05, 0) is 57.5 Å². The Balaban J connectivity index is 1.92. The third-order valence-electron chi connectivity index (χ3n) is 4.57.